The summed E-state index contributed by atoms with van der Waals surface area (Å²) in [6, 6.07) is 14.4. The van der Waals surface area contributed by atoms with Crippen molar-refractivity contribution in [1.82, 2.24) is 9.97 Å². The first kappa shape index (κ1) is 16.4. The molecule has 7 heteroatoms. The molecule has 0 unspecified atom stereocenters. The van der Waals surface area contributed by atoms with Crippen molar-refractivity contribution in [1.29, 1.82) is 5.26 Å². The Morgan fingerprint density at radius 3 is 2.83 bits per heavy atom. The summed E-state index contributed by atoms with van der Waals surface area (Å²) < 4.78 is 6.18. The highest BCUT2D eigenvalue weighted by Gasteiger charge is 2.14. The van der Waals surface area contributed by atoms with Gasteiger partial charge < -0.3 is 14.8 Å². The van der Waals surface area contributed by atoms with Crippen LogP contribution < -0.4 is 4.74 Å². The fourth-order valence-corrected chi connectivity index (χ4v) is 2.93. The summed E-state index contributed by atoms with van der Waals surface area (Å²) in [7, 11) is 0. The summed E-state index contributed by atoms with van der Waals surface area (Å²) in [6.07, 6.45) is 0. The quantitative estimate of drug-likeness (QED) is 0.481. The molecule has 0 aliphatic heterocycles. The Kier molecular flexibility index (Phi) is 4.74. The lowest BCUT2D eigenvalue weighted by molar-refractivity contribution is 0.271. The van der Waals surface area contributed by atoms with Gasteiger partial charge in [0.1, 0.15) is 24.0 Å². The summed E-state index contributed by atoms with van der Waals surface area (Å²) >= 11 is 9.20. The minimum absolute atomic E-state index is 0.0382. The molecule has 0 spiro atoms. The minimum Gasteiger partial charge on any atom is -0.507 e. The highest BCUT2D eigenvalue weighted by Crippen LogP contribution is 2.28. The second kappa shape index (κ2) is 6.95. The molecule has 5 nitrogen and oxygen atoms in total. The Balaban J connectivity index is 1.86. The molecule has 1 aromatic heterocycles. The van der Waals surface area contributed by atoms with E-state index in [1.165, 1.54) is 0 Å². The molecular formula is C17H11BrClN3O2. The van der Waals surface area contributed by atoms with Gasteiger partial charge in [0.25, 0.3) is 0 Å². The first-order valence-electron chi connectivity index (χ1n) is 6.93. The van der Waals surface area contributed by atoms with Gasteiger partial charge in [-0.15, -0.1) is 0 Å². The molecule has 24 heavy (non-hydrogen) atoms. The van der Waals surface area contributed by atoms with Crippen molar-refractivity contribution < 1.29 is 9.84 Å². The van der Waals surface area contributed by atoms with Crippen LogP contribution in [0.25, 0.3) is 16.6 Å². The van der Waals surface area contributed by atoms with Crippen molar-refractivity contribution in [3.8, 4) is 11.8 Å². The Labute approximate surface area is 151 Å². The van der Waals surface area contributed by atoms with E-state index in [1.807, 2.05) is 30.3 Å². The zero-order valence-corrected chi connectivity index (χ0v) is 14.6. The maximum absolute atomic E-state index is 10.2. The van der Waals surface area contributed by atoms with Crippen LogP contribution in [0.1, 0.15) is 5.82 Å². The van der Waals surface area contributed by atoms with Crippen LogP contribution in [0, 0.1) is 11.3 Å². The first-order valence-corrected chi connectivity index (χ1v) is 8.11. The number of allylic oxidation sites excluding steroid dienone is 1. The largest absolute Gasteiger partial charge is 0.507 e. The predicted molar refractivity (Wildman–Crippen MR) is 95.9 cm³/mol. The number of ether oxygens (including phenoxy) is 1. The number of benzene rings is 2. The van der Waals surface area contributed by atoms with Crippen LogP contribution in [0.15, 0.2) is 52.7 Å². The molecule has 0 atom stereocenters. The number of aromatic nitrogens is 2. The summed E-state index contributed by atoms with van der Waals surface area (Å²) in [5.41, 5.74) is 1.54. The van der Waals surface area contributed by atoms with E-state index in [9.17, 15) is 10.4 Å². The summed E-state index contributed by atoms with van der Waals surface area (Å²) in [5, 5.41) is 20.1. The number of para-hydroxylation sites is 2. The van der Waals surface area contributed by atoms with Gasteiger partial charge in [-0.05, 0) is 46.3 Å². The topological polar surface area (TPSA) is 81.9 Å². The number of aliphatic hydroxyl groups excluding tert-OH is 1. The van der Waals surface area contributed by atoms with Crippen LogP contribution in [0.5, 0.6) is 5.75 Å². The second-order valence-electron chi connectivity index (χ2n) is 4.90. The van der Waals surface area contributed by atoms with Crippen LogP contribution in [-0.2, 0) is 0 Å². The third-order valence-electron chi connectivity index (χ3n) is 3.28. The molecular weight excluding hydrogens is 394 g/mol. The van der Waals surface area contributed by atoms with E-state index in [1.54, 1.807) is 18.2 Å². The number of hydrogen-bond donors (Lipinski definition) is 2. The van der Waals surface area contributed by atoms with Gasteiger partial charge in [-0.2, -0.15) is 5.26 Å². The molecule has 3 aromatic rings. The van der Waals surface area contributed by atoms with Crippen LogP contribution >= 0.6 is 27.5 Å². The maximum Gasteiger partial charge on any atom is 0.152 e. The van der Waals surface area contributed by atoms with Gasteiger partial charge in [-0.3, -0.25) is 0 Å². The molecule has 0 saturated carbocycles. The van der Waals surface area contributed by atoms with Gasteiger partial charge in [0.15, 0.2) is 11.6 Å². The fourth-order valence-electron chi connectivity index (χ4n) is 2.14. The lowest BCUT2D eigenvalue weighted by Gasteiger charge is -2.08. The van der Waals surface area contributed by atoms with E-state index >= 15 is 0 Å². The number of hydrogen-bond acceptors (Lipinski definition) is 4. The average molecular weight is 405 g/mol. The maximum atomic E-state index is 10.2. The predicted octanol–water partition coefficient (Wildman–Crippen LogP) is 4.85. The van der Waals surface area contributed by atoms with E-state index in [0.717, 1.165) is 11.0 Å². The number of H-pyrrole nitrogens is 1. The van der Waals surface area contributed by atoms with E-state index in [4.69, 9.17) is 16.3 Å². The summed E-state index contributed by atoms with van der Waals surface area (Å²) in [5.74, 6) is 0.598. The Morgan fingerprint density at radius 2 is 2.12 bits per heavy atom. The molecule has 2 N–H and O–H groups in total. The van der Waals surface area contributed by atoms with Crippen molar-refractivity contribution >= 4 is 44.1 Å². The zero-order chi connectivity index (χ0) is 17.1. The van der Waals surface area contributed by atoms with Crippen molar-refractivity contribution in [2.24, 2.45) is 0 Å². The van der Waals surface area contributed by atoms with Crippen LogP contribution in [0.2, 0.25) is 5.02 Å². The lowest BCUT2D eigenvalue weighted by Crippen LogP contribution is -2.04. The zero-order valence-electron chi connectivity index (χ0n) is 12.3. The molecule has 0 fully saturated rings. The molecule has 1 heterocycles. The highest BCUT2D eigenvalue weighted by molar-refractivity contribution is 9.10. The third kappa shape index (κ3) is 3.37. The molecule has 0 aliphatic carbocycles. The molecule has 2 aromatic carbocycles. The molecule has 0 radical (unpaired) electrons. The molecule has 120 valence electrons. The lowest BCUT2D eigenvalue weighted by atomic mass is 10.2. The Bertz CT molecular complexity index is 942. The highest BCUT2D eigenvalue weighted by atomic mass is 79.9. The fraction of sp³-hybridized carbons (Fsp3) is 0.0588. The van der Waals surface area contributed by atoms with Gasteiger partial charge in [-0.25, -0.2) is 4.98 Å². The number of nitrogens with one attached hydrogen (secondary N) is 1. The van der Waals surface area contributed by atoms with Gasteiger partial charge in [0.05, 0.1) is 15.5 Å². The SMILES string of the molecule is N#C/C(=C(/O)COc1ccc(Cl)cc1Br)c1nc2ccccc2[nH]1. The van der Waals surface area contributed by atoms with E-state index in [-0.39, 0.29) is 17.9 Å². The standard InChI is InChI=1S/C17H11BrClN3O2/c18-12-7-10(19)5-6-16(12)24-9-15(23)11(8-20)17-21-13-3-1-2-4-14(13)22-17/h1-7,23H,9H2,(H,21,22)/b15-11-. The van der Waals surface area contributed by atoms with Crippen LogP contribution in [0.3, 0.4) is 0 Å². The van der Waals surface area contributed by atoms with Crippen molar-refractivity contribution in [3.05, 3.63) is 63.5 Å². The number of rotatable bonds is 4. The minimum atomic E-state index is -0.210. The average Bonchev–Trinajstić information content (AvgIpc) is 2.98. The number of nitriles is 1. The number of aromatic amines is 1. The smallest absolute Gasteiger partial charge is 0.152 e. The van der Waals surface area contributed by atoms with Gasteiger partial charge in [-0.1, -0.05) is 23.7 Å². The number of nitrogens with zero attached hydrogens (tertiary/aromatic N) is 2. The third-order valence-corrected chi connectivity index (χ3v) is 4.14. The first-order chi connectivity index (χ1) is 11.6. The van der Waals surface area contributed by atoms with Crippen molar-refractivity contribution in [2.45, 2.75) is 0 Å². The monoisotopic (exact) mass is 403 g/mol. The molecule has 3 rings (SSSR count). The summed E-state index contributed by atoms with van der Waals surface area (Å²) in [4.78, 5) is 7.32. The van der Waals surface area contributed by atoms with Gasteiger partial charge in [0.2, 0.25) is 0 Å². The second-order valence-corrected chi connectivity index (χ2v) is 6.19. The number of halogens is 2. The number of aliphatic hydroxyl groups is 1. The van der Waals surface area contributed by atoms with Crippen molar-refractivity contribution in [2.75, 3.05) is 6.61 Å². The molecule has 0 amide bonds. The summed E-state index contributed by atoms with van der Waals surface area (Å²) in [6.45, 7) is -0.166. The van der Waals surface area contributed by atoms with E-state index in [2.05, 4.69) is 25.9 Å². The molecule has 0 aliphatic rings. The normalized spacial score (nSPS) is 11.9. The van der Waals surface area contributed by atoms with Crippen LogP contribution in [-0.4, -0.2) is 21.7 Å². The van der Waals surface area contributed by atoms with Crippen LogP contribution in [0.4, 0.5) is 0 Å². The van der Waals surface area contributed by atoms with Crippen molar-refractivity contribution in [3.63, 3.8) is 0 Å². The Morgan fingerprint density at radius 1 is 1.33 bits per heavy atom. The van der Waals surface area contributed by atoms with Gasteiger partial charge in [0, 0.05) is 5.02 Å². The van der Waals surface area contributed by atoms with E-state index < -0.39 is 0 Å². The number of fused-ring (bicyclic) bond motifs is 1. The Hall–Kier alpha value is -2.49. The van der Waals surface area contributed by atoms with E-state index in [0.29, 0.717) is 21.1 Å². The molecule has 0 bridgehead atoms. The van der Waals surface area contributed by atoms with Gasteiger partial charge >= 0.3 is 0 Å². The molecule has 0 saturated heterocycles. The number of imidazole rings is 1.